The molecule has 1 atom stereocenters. The smallest absolute Gasteiger partial charge is 0.444 e. The van der Waals surface area contributed by atoms with E-state index in [4.69, 9.17) is 4.74 Å². The predicted octanol–water partition coefficient (Wildman–Crippen LogP) is 3.31. The van der Waals surface area contributed by atoms with Crippen LogP contribution in [0.2, 0.25) is 0 Å². The zero-order valence-corrected chi connectivity index (χ0v) is 14.0. The molecule has 1 aliphatic rings. The first-order valence-corrected chi connectivity index (χ1v) is 8.11. The average Bonchev–Trinajstić information content (AvgIpc) is 2.33. The molecule has 0 aromatic rings. The number of rotatable bonds is 2. The summed E-state index contributed by atoms with van der Waals surface area (Å²) in [7, 11) is -6.10. The molecular weight excluding hydrogens is 384 g/mol. The molecule has 0 saturated carbocycles. The lowest BCUT2D eigenvalue weighted by atomic mass is 10.1. The largest absolute Gasteiger partial charge is 0.534 e. The van der Waals surface area contributed by atoms with Crippen LogP contribution in [-0.4, -0.2) is 49.3 Å². The standard InChI is InChI=1S/C12H15F6NO5S/c1-10(2,3)23-9(20)19-5-4-7(6-8(19)11(13,14)15)24-25(21,22)12(16,17)18/h4,8H,5-6H2,1-3H3. The maximum atomic E-state index is 13.1. The van der Waals surface area contributed by atoms with Gasteiger partial charge in [0.15, 0.2) is 0 Å². The fraction of sp³-hybridized carbons (Fsp3) is 0.750. The minimum Gasteiger partial charge on any atom is -0.444 e. The molecule has 0 fully saturated rings. The number of alkyl halides is 6. The first-order valence-electron chi connectivity index (χ1n) is 6.70. The Morgan fingerprint density at radius 3 is 2.08 bits per heavy atom. The van der Waals surface area contributed by atoms with Crippen LogP contribution in [0.4, 0.5) is 31.1 Å². The summed E-state index contributed by atoms with van der Waals surface area (Å²) in [6.07, 6.45) is -7.03. The molecule has 0 aliphatic carbocycles. The molecule has 1 heterocycles. The minimum atomic E-state index is -6.10. The molecule has 25 heavy (non-hydrogen) atoms. The molecule has 1 unspecified atom stereocenters. The van der Waals surface area contributed by atoms with Gasteiger partial charge in [-0.1, -0.05) is 0 Å². The molecular formula is C12H15F6NO5S. The third kappa shape index (κ3) is 5.68. The van der Waals surface area contributed by atoms with Crippen molar-refractivity contribution >= 4 is 16.2 Å². The van der Waals surface area contributed by atoms with Crippen molar-refractivity contribution in [3.63, 3.8) is 0 Å². The lowest BCUT2D eigenvalue weighted by Crippen LogP contribution is -2.52. The van der Waals surface area contributed by atoms with E-state index in [9.17, 15) is 39.6 Å². The Kier molecular flexibility index (Phi) is 5.62. The molecule has 0 spiro atoms. The molecule has 0 aromatic carbocycles. The van der Waals surface area contributed by atoms with Crippen molar-refractivity contribution in [2.45, 2.75) is 50.5 Å². The van der Waals surface area contributed by atoms with E-state index >= 15 is 0 Å². The average molecular weight is 399 g/mol. The second-order valence-electron chi connectivity index (χ2n) is 6.05. The van der Waals surface area contributed by atoms with Crippen LogP contribution in [0.3, 0.4) is 0 Å². The van der Waals surface area contributed by atoms with Gasteiger partial charge in [0.2, 0.25) is 0 Å². The lowest BCUT2D eigenvalue weighted by Gasteiger charge is -2.36. The van der Waals surface area contributed by atoms with Gasteiger partial charge in [-0.05, 0) is 26.8 Å². The molecule has 0 saturated heterocycles. The topological polar surface area (TPSA) is 72.9 Å². The predicted molar refractivity (Wildman–Crippen MR) is 71.5 cm³/mol. The van der Waals surface area contributed by atoms with Gasteiger partial charge in [-0.15, -0.1) is 0 Å². The van der Waals surface area contributed by atoms with E-state index in [1.807, 2.05) is 0 Å². The van der Waals surface area contributed by atoms with E-state index in [1.54, 1.807) is 0 Å². The highest BCUT2D eigenvalue weighted by atomic mass is 32.2. The number of hydrogen-bond donors (Lipinski definition) is 0. The molecule has 146 valence electrons. The Balaban J connectivity index is 3.07. The molecule has 0 N–H and O–H groups in total. The summed E-state index contributed by atoms with van der Waals surface area (Å²) < 4.78 is 107. The zero-order chi connectivity index (χ0) is 19.8. The van der Waals surface area contributed by atoms with Gasteiger partial charge in [-0.3, -0.25) is 4.90 Å². The molecule has 1 aliphatic heterocycles. The van der Waals surface area contributed by atoms with Gasteiger partial charge in [-0.25, -0.2) is 4.79 Å². The Morgan fingerprint density at radius 2 is 1.68 bits per heavy atom. The van der Waals surface area contributed by atoms with Gasteiger partial charge in [0.1, 0.15) is 17.4 Å². The number of carbonyl (C=O) groups excluding carboxylic acids is 1. The second kappa shape index (κ2) is 6.57. The molecule has 6 nitrogen and oxygen atoms in total. The normalized spacial score (nSPS) is 20.1. The van der Waals surface area contributed by atoms with Crippen molar-refractivity contribution in [1.29, 1.82) is 0 Å². The van der Waals surface area contributed by atoms with E-state index < -0.39 is 58.3 Å². The van der Waals surface area contributed by atoms with Crippen LogP contribution in [0, 0.1) is 0 Å². The monoisotopic (exact) mass is 399 g/mol. The van der Waals surface area contributed by atoms with E-state index in [1.165, 1.54) is 20.8 Å². The molecule has 1 rings (SSSR count). The third-order valence-corrected chi connectivity index (χ3v) is 3.79. The van der Waals surface area contributed by atoms with Gasteiger partial charge in [-0.2, -0.15) is 34.8 Å². The summed E-state index contributed by atoms with van der Waals surface area (Å²) in [5.74, 6) is -1.06. The summed E-state index contributed by atoms with van der Waals surface area (Å²) in [6.45, 7) is 3.41. The van der Waals surface area contributed by atoms with Gasteiger partial charge in [0, 0.05) is 13.0 Å². The number of ether oxygens (including phenoxy) is 1. The summed E-state index contributed by atoms with van der Waals surface area (Å²) in [5.41, 5.74) is -6.89. The first-order chi connectivity index (χ1) is 10.9. The Labute approximate surface area is 139 Å². The number of halogens is 6. The van der Waals surface area contributed by atoms with Crippen molar-refractivity contribution in [2.24, 2.45) is 0 Å². The lowest BCUT2D eigenvalue weighted by molar-refractivity contribution is -0.182. The van der Waals surface area contributed by atoms with Crippen molar-refractivity contribution < 1.29 is 48.5 Å². The number of amides is 1. The number of carbonyl (C=O) groups is 1. The van der Waals surface area contributed by atoms with Crippen molar-refractivity contribution in [2.75, 3.05) is 6.54 Å². The van der Waals surface area contributed by atoms with Gasteiger partial charge in [0.25, 0.3) is 0 Å². The summed E-state index contributed by atoms with van der Waals surface area (Å²) in [6, 6.07) is -2.59. The Morgan fingerprint density at radius 1 is 1.16 bits per heavy atom. The second-order valence-corrected chi connectivity index (χ2v) is 7.59. The van der Waals surface area contributed by atoms with Crippen LogP contribution in [-0.2, 0) is 19.0 Å². The van der Waals surface area contributed by atoms with E-state index in [0.717, 1.165) is 0 Å². The highest BCUT2D eigenvalue weighted by molar-refractivity contribution is 7.87. The Hall–Kier alpha value is -1.66. The van der Waals surface area contributed by atoms with Crippen molar-refractivity contribution in [1.82, 2.24) is 4.90 Å². The number of nitrogens with zero attached hydrogens (tertiary/aromatic N) is 1. The molecule has 13 heteroatoms. The minimum absolute atomic E-state index is 0.234. The van der Waals surface area contributed by atoms with Crippen LogP contribution in [0.15, 0.2) is 11.8 Å². The molecule has 1 amide bonds. The zero-order valence-electron chi connectivity index (χ0n) is 13.2. The first kappa shape index (κ1) is 21.4. The van der Waals surface area contributed by atoms with Crippen LogP contribution < -0.4 is 0 Å². The van der Waals surface area contributed by atoms with Gasteiger partial charge in [0.05, 0.1) is 0 Å². The van der Waals surface area contributed by atoms with Gasteiger partial charge < -0.3 is 8.92 Å². The van der Waals surface area contributed by atoms with E-state index in [2.05, 4.69) is 4.18 Å². The van der Waals surface area contributed by atoms with E-state index in [0.29, 0.717) is 6.08 Å². The highest BCUT2D eigenvalue weighted by Gasteiger charge is 2.52. The maximum absolute atomic E-state index is 13.1. The van der Waals surface area contributed by atoms with E-state index in [-0.39, 0.29) is 4.90 Å². The maximum Gasteiger partial charge on any atom is 0.534 e. The fourth-order valence-corrected chi connectivity index (χ4v) is 2.29. The molecule has 0 aromatic heterocycles. The Bertz CT molecular complexity index is 646. The highest BCUT2D eigenvalue weighted by Crippen LogP contribution is 2.35. The molecule has 0 radical (unpaired) electrons. The number of hydrogen-bond acceptors (Lipinski definition) is 5. The van der Waals surface area contributed by atoms with Crippen LogP contribution in [0.1, 0.15) is 27.2 Å². The van der Waals surface area contributed by atoms with Crippen molar-refractivity contribution in [3.05, 3.63) is 11.8 Å². The van der Waals surface area contributed by atoms with Crippen LogP contribution in [0.25, 0.3) is 0 Å². The molecule has 0 bridgehead atoms. The van der Waals surface area contributed by atoms with Crippen molar-refractivity contribution in [3.8, 4) is 0 Å². The van der Waals surface area contributed by atoms with Gasteiger partial charge >= 0.3 is 27.9 Å². The summed E-state index contributed by atoms with van der Waals surface area (Å²) in [4.78, 5) is 12.1. The summed E-state index contributed by atoms with van der Waals surface area (Å²) >= 11 is 0. The quantitative estimate of drug-likeness (QED) is 0.405. The SMILES string of the molecule is CC(C)(C)OC(=O)N1CC=C(OS(=O)(=O)C(F)(F)F)CC1C(F)(F)F. The van der Waals surface area contributed by atoms with Crippen LogP contribution >= 0.6 is 0 Å². The third-order valence-electron chi connectivity index (χ3n) is 2.79. The van der Waals surface area contributed by atoms with Crippen LogP contribution in [0.5, 0.6) is 0 Å². The fourth-order valence-electron chi connectivity index (χ4n) is 1.78. The summed E-state index contributed by atoms with van der Waals surface area (Å²) in [5, 5.41) is 0.